The number of Topliss-reactive ketones (excluding diaryl/α,β-unsaturated/α-hetero) is 1. The number of hydrogen-bond donors (Lipinski definition) is 0. The van der Waals surface area contributed by atoms with Crippen LogP contribution in [-0.2, 0) is 10.2 Å². The molecule has 2 unspecified atom stereocenters. The van der Waals surface area contributed by atoms with E-state index in [1.807, 2.05) is 13.0 Å². The molecular formula is C22H27NO2. The monoisotopic (exact) mass is 337 g/mol. The Hall–Kier alpha value is -1.87. The maximum absolute atomic E-state index is 13.3. The minimum atomic E-state index is -0.370. The number of carbonyl (C=O) groups is 1. The van der Waals surface area contributed by atoms with E-state index in [1.54, 1.807) is 7.11 Å². The SMILES string of the molecule is CCC(=O)[C@]1(c2cccc3cc(OC)ccc23)CCC2CCC1N2C. The Morgan fingerprint density at radius 2 is 2.08 bits per heavy atom. The van der Waals surface area contributed by atoms with Crippen molar-refractivity contribution in [1.82, 2.24) is 4.90 Å². The molecule has 3 atom stereocenters. The molecule has 2 heterocycles. The topological polar surface area (TPSA) is 29.5 Å². The van der Waals surface area contributed by atoms with Crippen LogP contribution in [0.15, 0.2) is 36.4 Å². The van der Waals surface area contributed by atoms with Gasteiger partial charge in [-0.15, -0.1) is 0 Å². The number of ketones is 1. The van der Waals surface area contributed by atoms with Gasteiger partial charge in [0.25, 0.3) is 0 Å². The quantitative estimate of drug-likeness (QED) is 0.832. The molecule has 0 amide bonds. The van der Waals surface area contributed by atoms with Crippen molar-refractivity contribution in [3.05, 3.63) is 42.0 Å². The van der Waals surface area contributed by atoms with Crippen LogP contribution in [0.3, 0.4) is 0 Å². The summed E-state index contributed by atoms with van der Waals surface area (Å²) < 4.78 is 5.39. The van der Waals surface area contributed by atoms with E-state index in [9.17, 15) is 4.79 Å². The van der Waals surface area contributed by atoms with Gasteiger partial charge in [-0.1, -0.05) is 31.2 Å². The van der Waals surface area contributed by atoms with Crippen LogP contribution in [-0.4, -0.2) is 36.9 Å². The second-order valence-electron chi connectivity index (χ2n) is 7.59. The van der Waals surface area contributed by atoms with E-state index in [2.05, 4.69) is 42.3 Å². The van der Waals surface area contributed by atoms with Gasteiger partial charge in [-0.05, 0) is 61.2 Å². The fourth-order valence-corrected chi connectivity index (χ4v) is 5.40. The van der Waals surface area contributed by atoms with Gasteiger partial charge in [-0.3, -0.25) is 9.69 Å². The molecule has 0 saturated carbocycles. The van der Waals surface area contributed by atoms with Gasteiger partial charge in [0.2, 0.25) is 0 Å². The van der Waals surface area contributed by atoms with Gasteiger partial charge in [0, 0.05) is 18.5 Å². The summed E-state index contributed by atoms with van der Waals surface area (Å²) in [5, 5.41) is 2.35. The predicted molar refractivity (Wildman–Crippen MR) is 101 cm³/mol. The Kier molecular flexibility index (Phi) is 4.07. The molecule has 2 aliphatic heterocycles. The van der Waals surface area contributed by atoms with Gasteiger partial charge < -0.3 is 4.74 Å². The van der Waals surface area contributed by atoms with Crippen LogP contribution in [0.5, 0.6) is 5.75 Å². The fourth-order valence-electron chi connectivity index (χ4n) is 5.40. The Morgan fingerprint density at radius 3 is 2.84 bits per heavy atom. The van der Waals surface area contributed by atoms with Gasteiger partial charge in [-0.2, -0.15) is 0 Å². The first-order chi connectivity index (χ1) is 12.1. The van der Waals surface area contributed by atoms with Gasteiger partial charge >= 0.3 is 0 Å². The second-order valence-corrected chi connectivity index (χ2v) is 7.59. The summed E-state index contributed by atoms with van der Waals surface area (Å²) in [6, 6.07) is 13.6. The van der Waals surface area contributed by atoms with E-state index < -0.39 is 0 Å². The van der Waals surface area contributed by atoms with Crippen molar-refractivity contribution < 1.29 is 9.53 Å². The lowest BCUT2D eigenvalue weighted by Crippen LogP contribution is -2.56. The lowest BCUT2D eigenvalue weighted by atomic mass is 9.64. The lowest BCUT2D eigenvalue weighted by Gasteiger charge is -2.47. The summed E-state index contributed by atoms with van der Waals surface area (Å²) in [5.41, 5.74) is 0.849. The third-order valence-electron chi connectivity index (χ3n) is 6.67. The van der Waals surface area contributed by atoms with Crippen LogP contribution >= 0.6 is 0 Å². The van der Waals surface area contributed by atoms with Gasteiger partial charge in [-0.25, -0.2) is 0 Å². The van der Waals surface area contributed by atoms with E-state index in [0.717, 1.165) is 30.4 Å². The molecule has 0 aromatic heterocycles. The summed E-state index contributed by atoms with van der Waals surface area (Å²) in [7, 11) is 3.91. The van der Waals surface area contributed by atoms with Crippen molar-refractivity contribution in [3.63, 3.8) is 0 Å². The maximum atomic E-state index is 13.3. The highest BCUT2D eigenvalue weighted by Crippen LogP contribution is 2.50. The standard InChI is InChI=1S/C22H27NO2/c1-4-21(24)22(13-12-16-8-11-20(22)23(16)2)19-7-5-6-15-14-17(25-3)9-10-18(15)19/h5-7,9-10,14,16,20H,4,8,11-13H2,1-3H3/t16?,20?,22-/m0/s1. The third-order valence-corrected chi connectivity index (χ3v) is 6.67. The summed E-state index contributed by atoms with van der Waals surface area (Å²) in [6.07, 6.45) is 5.04. The number of carbonyl (C=O) groups excluding carboxylic acids is 1. The number of piperidine rings is 1. The number of rotatable bonds is 4. The summed E-state index contributed by atoms with van der Waals surface area (Å²) in [6.45, 7) is 2.01. The number of methoxy groups -OCH3 is 1. The molecular weight excluding hydrogens is 310 g/mol. The summed E-state index contributed by atoms with van der Waals surface area (Å²) in [4.78, 5) is 15.8. The average Bonchev–Trinajstić information content (AvgIpc) is 2.90. The number of hydrogen-bond acceptors (Lipinski definition) is 3. The maximum Gasteiger partial charge on any atom is 0.144 e. The van der Waals surface area contributed by atoms with Crippen LogP contribution in [0.4, 0.5) is 0 Å². The van der Waals surface area contributed by atoms with E-state index in [1.165, 1.54) is 17.4 Å². The molecule has 2 aromatic carbocycles. The van der Waals surface area contributed by atoms with Gasteiger partial charge in [0.05, 0.1) is 12.5 Å². The number of fused-ring (bicyclic) bond motifs is 3. The number of nitrogens with zero attached hydrogens (tertiary/aromatic N) is 1. The highest BCUT2D eigenvalue weighted by atomic mass is 16.5. The first kappa shape index (κ1) is 16.6. The zero-order chi connectivity index (χ0) is 17.6. The Bertz CT molecular complexity index is 815. The van der Waals surface area contributed by atoms with Crippen molar-refractivity contribution in [2.24, 2.45) is 0 Å². The van der Waals surface area contributed by atoms with E-state index in [-0.39, 0.29) is 5.41 Å². The predicted octanol–water partition coefficient (Wildman–Crippen LogP) is 4.32. The highest BCUT2D eigenvalue weighted by molar-refractivity contribution is 5.98. The second kappa shape index (κ2) is 6.14. The average molecular weight is 337 g/mol. The molecule has 3 nitrogen and oxygen atoms in total. The third kappa shape index (κ3) is 2.32. The molecule has 4 rings (SSSR count). The molecule has 0 N–H and O–H groups in total. The molecule has 2 aromatic rings. The van der Waals surface area contributed by atoms with E-state index in [0.29, 0.717) is 24.3 Å². The van der Waals surface area contributed by atoms with Crippen molar-refractivity contribution in [3.8, 4) is 5.75 Å². The van der Waals surface area contributed by atoms with Gasteiger partial charge in [0.1, 0.15) is 11.5 Å². The number of benzene rings is 2. The molecule has 2 saturated heterocycles. The zero-order valence-electron chi connectivity index (χ0n) is 15.4. The van der Waals surface area contributed by atoms with Crippen molar-refractivity contribution in [2.75, 3.05) is 14.2 Å². The van der Waals surface area contributed by atoms with Gasteiger partial charge in [0.15, 0.2) is 0 Å². The van der Waals surface area contributed by atoms with Crippen LogP contribution in [0.25, 0.3) is 10.8 Å². The molecule has 2 fully saturated rings. The molecule has 25 heavy (non-hydrogen) atoms. The minimum absolute atomic E-state index is 0.325. The minimum Gasteiger partial charge on any atom is -0.497 e. The normalized spacial score (nSPS) is 29.1. The molecule has 3 heteroatoms. The first-order valence-electron chi connectivity index (χ1n) is 9.44. The van der Waals surface area contributed by atoms with Crippen molar-refractivity contribution in [1.29, 1.82) is 0 Å². The molecule has 0 aliphatic carbocycles. The van der Waals surface area contributed by atoms with Crippen LogP contribution in [0.2, 0.25) is 0 Å². The molecule has 2 bridgehead atoms. The Morgan fingerprint density at radius 1 is 1.24 bits per heavy atom. The smallest absolute Gasteiger partial charge is 0.144 e. The van der Waals surface area contributed by atoms with E-state index >= 15 is 0 Å². The summed E-state index contributed by atoms with van der Waals surface area (Å²) >= 11 is 0. The van der Waals surface area contributed by atoms with Crippen LogP contribution < -0.4 is 4.74 Å². The van der Waals surface area contributed by atoms with E-state index in [4.69, 9.17) is 4.74 Å². The first-order valence-corrected chi connectivity index (χ1v) is 9.44. The summed E-state index contributed by atoms with van der Waals surface area (Å²) in [5.74, 6) is 1.26. The van der Waals surface area contributed by atoms with Crippen LogP contribution in [0.1, 0.15) is 44.6 Å². The Labute approximate surface area is 150 Å². The highest BCUT2D eigenvalue weighted by Gasteiger charge is 2.54. The van der Waals surface area contributed by atoms with Crippen molar-refractivity contribution >= 4 is 16.6 Å². The molecule has 0 spiro atoms. The largest absolute Gasteiger partial charge is 0.497 e. The lowest BCUT2D eigenvalue weighted by molar-refractivity contribution is -0.128. The Balaban J connectivity index is 1.95. The number of likely N-dealkylation sites (N-methyl/N-ethyl adjacent to an activating group) is 1. The zero-order valence-corrected chi connectivity index (χ0v) is 15.4. The number of ether oxygens (including phenoxy) is 1. The molecule has 132 valence electrons. The fraction of sp³-hybridized carbons (Fsp3) is 0.500. The van der Waals surface area contributed by atoms with Crippen LogP contribution in [0, 0.1) is 0 Å². The van der Waals surface area contributed by atoms with Crippen molar-refractivity contribution in [2.45, 2.75) is 56.5 Å². The molecule has 2 aliphatic rings. The molecule has 0 radical (unpaired) electrons.